The third kappa shape index (κ3) is 4.06. The maximum absolute atomic E-state index is 12.6. The van der Waals surface area contributed by atoms with Gasteiger partial charge in [-0.05, 0) is 39.7 Å². The minimum atomic E-state index is -0.160. The van der Waals surface area contributed by atoms with Crippen LogP contribution in [-0.2, 0) is 6.54 Å². The third-order valence-corrected chi connectivity index (χ3v) is 3.79. The fourth-order valence-electron chi connectivity index (χ4n) is 2.05. The molecule has 0 radical (unpaired) electrons. The summed E-state index contributed by atoms with van der Waals surface area (Å²) < 4.78 is 0.692. The van der Waals surface area contributed by atoms with Gasteiger partial charge in [0.2, 0.25) is 0 Å². The molecule has 2 rings (SSSR count). The van der Waals surface area contributed by atoms with Crippen molar-refractivity contribution in [2.24, 2.45) is 0 Å². The molecule has 0 aromatic heterocycles. The average Bonchev–Trinajstić information content (AvgIpc) is 2.49. The van der Waals surface area contributed by atoms with E-state index in [1.807, 2.05) is 30.3 Å². The third-order valence-electron chi connectivity index (χ3n) is 3.09. The Balaban J connectivity index is 2.25. The van der Waals surface area contributed by atoms with Crippen molar-refractivity contribution in [1.29, 1.82) is 0 Å². The minimum Gasteiger partial charge on any atom is -0.399 e. The molecule has 110 valence electrons. The summed E-state index contributed by atoms with van der Waals surface area (Å²) in [5, 5.41) is 9.20. The van der Waals surface area contributed by atoms with E-state index in [1.165, 1.54) is 0 Å². The first kappa shape index (κ1) is 15.5. The predicted molar refractivity (Wildman–Crippen MR) is 86.8 cm³/mol. The number of anilines is 1. The first-order valence-electron chi connectivity index (χ1n) is 6.61. The molecular formula is C16H17BrN2O2. The maximum atomic E-state index is 12.6. The van der Waals surface area contributed by atoms with Crippen molar-refractivity contribution in [1.82, 2.24) is 4.90 Å². The van der Waals surface area contributed by atoms with E-state index in [4.69, 9.17) is 5.73 Å². The first-order chi connectivity index (χ1) is 10.1. The average molecular weight is 349 g/mol. The van der Waals surface area contributed by atoms with Crippen molar-refractivity contribution in [3.8, 4) is 0 Å². The number of nitrogen functional groups attached to an aromatic ring is 1. The number of nitrogens with zero attached hydrogens (tertiary/aromatic N) is 1. The Hall–Kier alpha value is -1.85. The number of benzene rings is 2. The highest BCUT2D eigenvalue weighted by Gasteiger charge is 2.18. The predicted octanol–water partition coefficient (Wildman–Crippen LogP) is 2.67. The molecule has 3 N–H and O–H groups in total. The van der Waals surface area contributed by atoms with Gasteiger partial charge in [-0.25, -0.2) is 0 Å². The van der Waals surface area contributed by atoms with E-state index in [9.17, 15) is 9.90 Å². The topological polar surface area (TPSA) is 66.6 Å². The van der Waals surface area contributed by atoms with Crippen molar-refractivity contribution in [3.63, 3.8) is 0 Å². The van der Waals surface area contributed by atoms with Crippen LogP contribution >= 0.6 is 15.9 Å². The smallest absolute Gasteiger partial charge is 0.255 e. The van der Waals surface area contributed by atoms with Crippen LogP contribution in [0.3, 0.4) is 0 Å². The lowest BCUT2D eigenvalue weighted by Crippen LogP contribution is -2.33. The van der Waals surface area contributed by atoms with Gasteiger partial charge in [0.15, 0.2) is 0 Å². The van der Waals surface area contributed by atoms with Gasteiger partial charge in [0.05, 0.1) is 12.2 Å². The van der Waals surface area contributed by atoms with Crippen LogP contribution in [0.4, 0.5) is 5.69 Å². The summed E-state index contributed by atoms with van der Waals surface area (Å²) in [4.78, 5) is 14.2. The molecule has 2 aromatic rings. The van der Waals surface area contributed by atoms with Crippen LogP contribution in [0.2, 0.25) is 0 Å². The fourth-order valence-corrected chi connectivity index (χ4v) is 2.47. The fraction of sp³-hybridized carbons (Fsp3) is 0.188. The first-order valence-corrected chi connectivity index (χ1v) is 7.40. The molecule has 5 heteroatoms. The van der Waals surface area contributed by atoms with Gasteiger partial charge in [-0.1, -0.05) is 30.3 Å². The number of hydrogen-bond donors (Lipinski definition) is 2. The van der Waals surface area contributed by atoms with Gasteiger partial charge in [-0.15, -0.1) is 0 Å². The largest absolute Gasteiger partial charge is 0.399 e. The molecule has 0 fully saturated rings. The molecule has 0 bridgehead atoms. The lowest BCUT2D eigenvalue weighted by atomic mass is 10.1. The molecule has 0 aliphatic rings. The zero-order chi connectivity index (χ0) is 15.2. The Morgan fingerprint density at radius 1 is 1.19 bits per heavy atom. The van der Waals surface area contributed by atoms with Crippen molar-refractivity contribution in [3.05, 3.63) is 64.1 Å². The highest BCUT2D eigenvalue weighted by atomic mass is 79.9. The monoisotopic (exact) mass is 348 g/mol. The number of amides is 1. The van der Waals surface area contributed by atoms with E-state index in [0.29, 0.717) is 22.3 Å². The van der Waals surface area contributed by atoms with E-state index < -0.39 is 0 Å². The Morgan fingerprint density at radius 3 is 2.57 bits per heavy atom. The second-order valence-corrected chi connectivity index (χ2v) is 5.53. The van der Waals surface area contributed by atoms with Crippen molar-refractivity contribution < 1.29 is 9.90 Å². The standard InChI is InChI=1S/C16H17BrN2O2/c17-15-7-6-13(18)10-14(15)16(21)19(8-9-20)11-12-4-2-1-3-5-12/h1-7,10,20H,8-9,11,18H2. The van der Waals surface area contributed by atoms with Crippen LogP contribution < -0.4 is 5.73 Å². The second kappa shape index (κ2) is 7.24. The Kier molecular flexibility index (Phi) is 5.36. The van der Waals surface area contributed by atoms with E-state index in [0.717, 1.165) is 5.56 Å². The number of hydrogen-bond acceptors (Lipinski definition) is 3. The molecular weight excluding hydrogens is 332 g/mol. The SMILES string of the molecule is Nc1ccc(Br)c(C(=O)N(CCO)Cc2ccccc2)c1. The number of carbonyl (C=O) groups excluding carboxylic acids is 1. The van der Waals surface area contributed by atoms with Gasteiger partial charge in [-0.2, -0.15) is 0 Å². The molecule has 1 amide bonds. The van der Waals surface area contributed by atoms with E-state index >= 15 is 0 Å². The molecule has 0 heterocycles. The molecule has 0 saturated carbocycles. The zero-order valence-corrected chi connectivity index (χ0v) is 13.1. The number of halogens is 1. The Labute approximate surface area is 132 Å². The molecule has 0 aliphatic heterocycles. The van der Waals surface area contributed by atoms with E-state index in [-0.39, 0.29) is 19.1 Å². The molecule has 2 aromatic carbocycles. The minimum absolute atomic E-state index is 0.0848. The lowest BCUT2D eigenvalue weighted by Gasteiger charge is -2.22. The van der Waals surface area contributed by atoms with Crippen LogP contribution in [0.1, 0.15) is 15.9 Å². The van der Waals surface area contributed by atoms with E-state index in [1.54, 1.807) is 23.1 Å². The quantitative estimate of drug-likeness (QED) is 0.816. The van der Waals surface area contributed by atoms with Crippen molar-refractivity contribution in [2.45, 2.75) is 6.54 Å². The van der Waals surface area contributed by atoms with E-state index in [2.05, 4.69) is 15.9 Å². The summed E-state index contributed by atoms with van der Waals surface area (Å²) in [7, 11) is 0. The van der Waals surface area contributed by atoms with Crippen LogP contribution in [-0.4, -0.2) is 29.1 Å². The highest BCUT2D eigenvalue weighted by molar-refractivity contribution is 9.10. The summed E-state index contributed by atoms with van der Waals surface area (Å²) in [6.45, 7) is 0.634. The normalized spacial score (nSPS) is 10.4. The molecule has 0 unspecified atom stereocenters. The van der Waals surface area contributed by atoms with Gasteiger partial charge in [0.25, 0.3) is 5.91 Å². The van der Waals surface area contributed by atoms with Crippen molar-refractivity contribution in [2.75, 3.05) is 18.9 Å². The number of carbonyl (C=O) groups is 1. The summed E-state index contributed by atoms with van der Waals surface area (Å²) in [5.41, 5.74) is 7.80. The molecule has 0 saturated heterocycles. The maximum Gasteiger partial charge on any atom is 0.255 e. The van der Waals surface area contributed by atoms with Gasteiger partial charge < -0.3 is 15.7 Å². The molecule has 0 aliphatic carbocycles. The summed E-state index contributed by atoms with van der Waals surface area (Å²) in [5.74, 6) is -0.160. The Morgan fingerprint density at radius 2 is 1.90 bits per heavy atom. The highest BCUT2D eigenvalue weighted by Crippen LogP contribution is 2.22. The number of rotatable bonds is 5. The summed E-state index contributed by atoms with van der Waals surface area (Å²) in [6.07, 6.45) is 0. The molecule has 0 atom stereocenters. The Bertz CT molecular complexity index is 617. The van der Waals surface area contributed by atoms with Crippen LogP contribution in [0.15, 0.2) is 53.0 Å². The van der Waals surface area contributed by atoms with Gasteiger partial charge in [0.1, 0.15) is 0 Å². The summed E-state index contributed by atoms with van der Waals surface area (Å²) >= 11 is 3.37. The van der Waals surface area contributed by atoms with Gasteiger partial charge in [-0.3, -0.25) is 4.79 Å². The van der Waals surface area contributed by atoms with Gasteiger partial charge in [0, 0.05) is 23.2 Å². The molecule has 0 spiro atoms. The molecule has 21 heavy (non-hydrogen) atoms. The van der Waals surface area contributed by atoms with Crippen LogP contribution in [0.25, 0.3) is 0 Å². The second-order valence-electron chi connectivity index (χ2n) is 4.68. The summed E-state index contributed by atoms with van der Waals surface area (Å²) in [6, 6.07) is 14.8. The van der Waals surface area contributed by atoms with Crippen LogP contribution in [0, 0.1) is 0 Å². The van der Waals surface area contributed by atoms with Crippen molar-refractivity contribution >= 4 is 27.5 Å². The number of nitrogens with two attached hydrogens (primary N) is 1. The molecule has 4 nitrogen and oxygen atoms in total. The van der Waals surface area contributed by atoms with Gasteiger partial charge >= 0.3 is 0 Å². The number of aliphatic hydroxyl groups excluding tert-OH is 1. The number of aliphatic hydroxyl groups is 1. The zero-order valence-electron chi connectivity index (χ0n) is 11.5. The van der Waals surface area contributed by atoms with Crippen LogP contribution in [0.5, 0.6) is 0 Å². The lowest BCUT2D eigenvalue weighted by molar-refractivity contribution is 0.0707.